The van der Waals surface area contributed by atoms with Gasteiger partial charge in [-0.05, 0) is 42.8 Å². The number of anilines is 1. The van der Waals surface area contributed by atoms with Crippen LogP contribution in [0.4, 0.5) is 5.69 Å². The van der Waals surface area contributed by atoms with E-state index in [1.807, 2.05) is 0 Å². The van der Waals surface area contributed by atoms with Gasteiger partial charge in [0.25, 0.3) is 0 Å². The molecule has 0 atom stereocenters. The van der Waals surface area contributed by atoms with Gasteiger partial charge in [-0.1, -0.05) is 0 Å². The molecule has 5 nitrogen and oxygen atoms in total. The van der Waals surface area contributed by atoms with Crippen LogP contribution >= 0.6 is 0 Å². The van der Waals surface area contributed by atoms with E-state index in [1.165, 1.54) is 0 Å². The molecule has 1 heterocycles. The molecular weight excluding hydrogens is 256 g/mol. The van der Waals surface area contributed by atoms with Crippen molar-refractivity contribution in [2.75, 3.05) is 5.73 Å². The van der Waals surface area contributed by atoms with Crippen molar-refractivity contribution in [2.45, 2.75) is 13.3 Å². The van der Waals surface area contributed by atoms with Crippen LogP contribution in [0.3, 0.4) is 0 Å². The molecule has 1 aromatic heterocycles. The van der Waals surface area contributed by atoms with E-state index in [0.717, 1.165) is 5.56 Å². The average molecular weight is 272 g/mol. The Hall–Kier alpha value is -2.56. The SMILES string of the molecule is Cc1cc(CC(=O)O)n(C)c1C(=O)c1ccc(N)cc1. The van der Waals surface area contributed by atoms with Crippen molar-refractivity contribution >= 4 is 17.4 Å². The third kappa shape index (κ3) is 2.56. The topological polar surface area (TPSA) is 85.3 Å². The largest absolute Gasteiger partial charge is 0.481 e. The predicted molar refractivity (Wildman–Crippen MR) is 75.8 cm³/mol. The summed E-state index contributed by atoms with van der Waals surface area (Å²) in [6.45, 7) is 1.80. The first-order chi connectivity index (χ1) is 9.40. The van der Waals surface area contributed by atoms with Gasteiger partial charge in [0.2, 0.25) is 5.78 Å². The monoisotopic (exact) mass is 272 g/mol. The Morgan fingerprint density at radius 1 is 1.25 bits per heavy atom. The maximum atomic E-state index is 12.5. The first kappa shape index (κ1) is 13.9. The van der Waals surface area contributed by atoms with Crippen LogP contribution in [0.5, 0.6) is 0 Å². The van der Waals surface area contributed by atoms with Crippen molar-refractivity contribution in [2.24, 2.45) is 7.05 Å². The lowest BCUT2D eigenvalue weighted by molar-refractivity contribution is -0.136. The second-order valence-electron chi connectivity index (χ2n) is 4.75. The molecule has 104 valence electrons. The van der Waals surface area contributed by atoms with Gasteiger partial charge in [-0.2, -0.15) is 0 Å². The molecule has 2 aromatic rings. The zero-order valence-corrected chi connectivity index (χ0v) is 11.4. The van der Waals surface area contributed by atoms with Gasteiger partial charge in [0.05, 0.1) is 12.1 Å². The summed E-state index contributed by atoms with van der Waals surface area (Å²) >= 11 is 0. The third-order valence-corrected chi connectivity index (χ3v) is 3.24. The predicted octanol–water partition coefficient (Wildman–Crippen LogP) is 1.77. The van der Waals surface area contributed by atoms with E-state index in [9.17, 15) is 9.59 Å². The van der Waals surface area contributed by atoms with E-state index in [4.69, 9.17) is 10.8 Å². The molecular formula is C15H16N2O3. The van der Waals surface area contributed by atoms with Crippen molar-refractivity contribution in [1.82, 2.24) is 4.57 Å². The molecule has 20 heavy (non-hydrogen) atoms. The fraction of sp³-hybridized carbons (Fsp3) is 0.200. The van der Waals surface area contributed by atoms with E-state index in [0.29, 0.717) is 22.6 Å². The van der Waals surface area contributed by atoms with Crippen LogP contribution in [-0.2, 0) is 18.3 Å². The Labute approximate surface area is 116 Å². The summed E-state index contributed by atoms with van der Waals surface area (Å²) in [4.78, 5) is 23.3. The maximum absolute atomic E-state index is 12.5. The number of rotatable bonds is 4. The summed E-state index contributed by atoms with van der Waals surface area (Å²) in [7, 11) is 1.70. The minimum absolute atomic E-state index is 0.105. The normalized spacial score (nSPS) is 10.5. The van der Waals surface area contributed by atoms with Crippen LogP contribution < -0.4 is 5.73 Å². The van der Waals surface area contributed by atoms with Crippen molar-refractivity contribution in [3.63, 3.8) is 0 Å². The molecule has 0 bridgehead atoms. The number of ketones is 1. The van der Waals surface area contributed by atoms with Crippen LogP contribution in [0.25, 0.3) is 0 Å². The van der Waals surface area contributed by atoms with Crippen molar-refractivity contribution in [3.05, 3.63) is 52.8 Å². The van der Waals surface area contributed by atoms with Gasteiger partial charge in [0.15, 0.2) is 0 Å². The van der Waals surface area contributed by atoms with Crippen LogP contribution in [-0.4, -0.2) is 21.4 Å². The fourth-order valence-electron chi connectivity index (χ4n) is 2.25. The number of nitrogens with zero attached hydrogens (tertiary/aromatic N) is 1. The lowest BCUT2D eigenvalue weighted by Crippen LogP contribution is -2.12. The Balaban J connectivity index is 2.42. The standard InChI is InChI=1S/C15H16N2O3/c1-9-7-12(8-13(18)19)17(2)14(9)15(20)10-3-5-11(16)6-4-10/h3-7H,8,16H2,1-2H3,(H,18,19). The first-order valence-electron chi connectivity index (χ1n) is 6.17. The molecule has 0 aliphatic carbocycles. The molecule has 2 rings (SSSR count). The molecule has 0 radical (unpaired) electrons. The van der Waals surface area contributed by atoms with Crippen LogP contribution in [0, 0.1) is 6.92 Å². The number of hydrogen-bond acceptors (Lipinski definition) is 3. The number of aliphatic carboxylic acids is 1. The zero-order chi connectivity index (χ0) is 14.9. The van der Waals surface area contributed by atoms with Crippen LogP contribution in [0.15, 0.2) is 30.3 Å². The summed E-state index contributed by atoms with van der Waals surface area (Å²) in [5, 5.41) is 8.87. The summed E-state index contributed by atoms with van der Waals surface area (Å²) in [6, 6.07) is 8.41. The number of carbonyl (C=O) groups is 2. The van der Waals surface area contributed by atoms with Gasteiger partial charge in [-0.15, -0.1) is 0 Å². The minimum atomic E-state index is -0.919. The highest BCUT2D eigenvalue weighted by Gasteiger charge is 2.19. The number of nitrogen functional groups attached to an aromatic ring is 1. The maximum Gasteiger partial charge on any atom is 0.309 e. The Morgan fingerprint density at radius 3 is 2.40 bits per heavy atom. The summed E-state index contributed by atoms with van der Waals surface area (Å²) < 4.78 is 1.64. The van der Waals surface area contributed by atoms with Gasteiger partial charge in [0.1, 0.15) is 0 Å². The van der Waals surface area contributed by atoms with Crippen molar-refractivity contribution in [3.8, 4) is 0 Å². The molecule has 0 fully saturated rings. The number of nitrogens with two attached hydrogens (primary N) is 1. The summed E-state index contributed by atoms with van der Waals surface area (Å²) in [5.74, 6) is -1.06. The van der Waals surface area contributed by atoms with Crippen molar-refractivity contribution < 1.29 is 14.7 Å². The Bertz CT molecular complexity index is 669. The smallest absolute Gasteiger partial charge is 0.309 e. The highest BCUT2D eigenvalue weighted by atomic mass is 16.4. The molecule has 0 saturated carbocycles. The van der Waals surface area contributed by atoms with E-state index < -0.39 is 5.97 Å². The first-order valence-corrected chi connectivity index (χ1v) is 6.17. The average Bonchev–Trinajstić information content (AvgIpc) is 2.64. The number of aryl methyl sites for hydroxylation is 1. The van der Waals surface area contributed by atoms with E-state index >= 15 is 0 Å². The molecule has 0 unspecified atom stereocenters. The molecule has 0 aliphatic heterocycles. The molecule has 0 saturated heterocycles. The summed E-state index contributed by atoms with van der Waals surface area (Å²) in [5.41, 5.74) is 8.61. The quantitative estimate of drug-likeness (QED) is 0.656. The minimum Gasteiger partial charge on any atom is -0.481 e. The molecule has 0 spiro atoms. The van der Waals surface area contributed by atoms with Gasteiger partial charge in [-0.25, -0.2) is 0 Å². The molecule has 0 aliphatic rings. The Kier molecular flexibility index (Phi) is 3.61. The number of benzene rings is 1. The van der Waals surface area contributed by atoms with E-state index in [-0.39, 0.29) is 12.2 Å². The number of aromatic nitrogens is 1. The lowest BCUT2D eigenvalue weighted by Gasteiger charge is -2.07. The highest BCUT2D eigenvalue weighted by molar-refractivity contribution is 6.09. The van der Waals surface area contributed by atoms with Gasteiger partial charge in [0, 0.05) is 24.0 Å². The summed E-state index contributed by atoms with van der Waals surface area (Å²) in [6.07, 6.45) is -0.105. The van der Waals surface area contributed by atoms with Gasteiger partial charge in [-0.3, -0.25) is 9.59 Å². The zero-order valence-electron chi connectivity index (χ0n) is 11.4. The van der Waals surface area contributed by atoms with E-state index in [1.54, 1.807) is 48.9 Å². The molecule has 5 heteroatoms. The number of carbonyl (C=O) groups excluding carboxylic acids is 1. The Morgan fingerprint density at radius 2 is 1.85 bits per heavy atom. The fourth-order valence-corrected chi connectivity index (χ4v) is 2.25. The van der Waals surface area contributed by atoms with Crippen molar-refractivity contribution in [1.29, 1.82) is 0 Å². The number of carboxylic acid groups (broad SMARTS) is 1. The van der Waals surface area contributed by atoms with Crippen LogP contribution in [0.2, 0.25) is 0 Å². The highest BCUT2D eigenvalue weighted by Crippen LogP contribution is 2.19. The molecule has 0 amide bonds. The molecule has 1 aromatic carbocycles. The lowest BCUT2D eigenvalue weighted by atomic mass is 10.1. The third-order valence-electron chi connectivity index (χ3n) is 3.24. The van der Waals surface area contributed by atoms with Gasteiger partial charge >= 0.3 is 5.97 Å². The van der Waals surface area contributed by atoms with Crippen LogP contribution in [0.1, 0.15) is 27.3 Å². The second-order valence-corrected chi connectivity index (χ2v) is 4.75. The number of carboxylic acids is 1. The second kappa shape index (κ2) is 5.21. The number of hydrogen-bond donors (Lipinski definition) is 2. The van der Waals surface area contributed by atoms with E-state index in [2.05, 4.69) is 0 Å². The van der Waals surface area contributed by atoms with Gasteiger partial charge < -0.3 is 15.4 Å². The molecule has 3 N–H and O–H groups in total.